The van der Waals surface area contributed by atoms with Crippen LogP contribution in [0.1, 0.15) is 30.5 Å². The van der Waals surface area contributed by atoms with E-state index in [9.17, 15) is 9.90 Å². The monoisotopic (exact) mass is 283 g/mol. The highest BCUT2D eigenvalue weighted by Gasteiger charge is 2.21. The van der Waals surface area contributed by atoms with Crippen molar-refractivity contribution in [2.75, 3.05) is 0 Å². The van der Waals surface area contributed by atoms with Crippen LogP contribution in [0.2, 0.25) is 0 Å². The fourth-order valence-electron chi connectivity index (χ4n) is 2.35. The summed E-state index contributed by atoms with van der Waals surface area (Å²) in [5, 5.41) is 12.6. The molecule has 0 amide bonds. The minimum atomic E-state index is -0.840. The number of benzene rings is 2. The summed E-state index contributed by atoms with van der Waals surface area (Å²) < 4.78 is 0. The molecule has 21 heavy (non-hydrogen) atoms. The zero-order valence-electron chi connectivity index (χ0n) is 12.2. The molecule has 3 nitrogen and oxygen atoms in total. The Bertz CT molecular complexity index is 554. The number of aryl methyl sites for hydroxylation is 1. The number of aliphatic carboxylic acids is 1. The molecule has 2 N–H and O–H groups in total. The maximum Gasteiger partial charge on any atom is 0.325 e. The first-order valence-electron chi connectivity index (χ1n) is 7.24. The second-order valence-electron chi connectivity index (χ2n) is 5.27. The predicted octanol–water partition coefficient (Wildman–Crippen LogP) is 3.42. The molecule has 0 aliphatic heterocycles. The van der Waals surface area contributed by atoms with Gasteiger partial charge in [-0.3, -0.25) is 10.1 Å². The molecule has 0 heterocycles. The van der Waals surface area contributed by atoms with E-state index in [4.69, 9.17) is 0 Å². The summed E-state index contributed by atoms with van der Waals surface area (Å²) in [5.74, 6) is -0.840. The van der Waals surface area contributed by atoms with Crippen LogP contribution in [-0.2, 0) is 11.2 Å². The third-order valence-corrected chi connectivity index (χ3v) is 3.54. The topological polar surface area (TPSA) is 49.3 Å². The Kier molecular flexibility index (Phi) is 5.52. The Morgan fingerprint density at radius 2 is 1.62 bits per heavy atom. The van der Waals surface area contributed by atoms with Crippen LogP contribution in [0.4, 0.5) is 0 Å². The fraction of sp³-hybridized carbons (Fsp3) is 0.278. The molecule has 0 radical (unpaired) electrons. The molecule has 0 aliphatic carbocycles. The van der Waals surface area contributed by atoms with Crippen molar-refractivity contribution in [1.29, 1.82) is 0 Å². The minimum Gasteiger partial charge on any atom is -0.480 e. The summed E-state index contributed by atoms with van der Waals surface area (Å²) in [5.41, 5.74) is 2.06. The number of rotatable bonds is 7. The van der Waals surface area contributed by atoms with Crippen LogP contribution >= 0.6 is 0 Å². The highest BCUT2D eigenvalue weighted by Crippen LogP contribution is 2.15. The van der Waals surface area contributed by atoms with Gasteiger partial charge in [-0.05, 0) is 30.9 Å². The number of hydrogen-bond acceptors (Lipinski definition) is 2. The van der Waals surface area contributed by atoms with Crippen molar-refractivity contribution >= 4 is 5.97 Å². The van der Waals surface area contributed by atoms with Gasteiger partial charge in [-0.2, -0.15) is 0 Å². The zero-order valence-corrected chi connectivity index (χ0v) is 12.2. The highest BCUT2D eigenvalue weighted by atomic mass is 16.4. The van der Waals surface area contributed by atoms with Crippen molar-refractivity contribution in [3.8, 4) is 0 Å². The van der Waals surface area contributed by atoms with Gasteiger partial charge in [-0.15, -0.1) is 0 Å². The average molecular weight is 283 g/mol. The lowest BCUT2D eigenvalue weighted by atomic mass is 10.0. The number of carboxylic acids is 1. The molecular weight excluding hydrogens is 262 g/mol. The van der Waals surface area contributed by atoms with E-state index < -0.39 is 12.0 Å². The quantitative estimate of drug-likeness (QED) is 0.818. The number of carboxylic acid groups (broad SMARTS) is 1. The lowest BCUT2D eigenvalue weighted by molar-refractivity contribution is -0.139. The summed E-state index contributed by atoms with van der Waals surface area (Å²) in [4.78, 5) is 11.4. The molecule has 2 unspecified atom stereocenters. The third kappa shape index (κ3) is 4.72. The summed E-state index contributed by atoms with van der Waals surface area (Å²) in [6, 6.07) is 19.0. The molecule has 3 heteroatoms. The third-order valence-electron chi connectivity index (χ3n) is 3.54. The van der Waals surface area contributed by atoms with Gasteiger partial charge in [0.2, 0.25) is 0 Å². The van der Waals surface area contributed by atoms with Crippen molar-refractivity contribution in [2.24, 2.45) is 0 Å². The van der Waals surface area contributed by atoms with Crippen molar-refractivity contribution in [2.45, 2.75) is 31.8 Å². The second-order valence-corrected chi connectivity index (χ2v) is 5.27. The van der Waals surface area contributed by atoms with Crippen LogP contribution in [0.25, 0.3) is 0 Å². The Labute approximate surface area is 125 Å². The van der Waals surface area contributed by atoms with Gasteiger partial charge in [0.15, 0.2) is 0 Å². The van der Waals surface area contributed by atoms with Crippen LogP contribution in [0.15, 0.2) is 60.7 Å². The number of hydrogen-bond donors (Lipinski definition) is 2. The normalized spacial score (nSPS) is 13.6. The van der Waals surface area contributed by atoms with Crippen LogP contribution in [0, 0.1) is 0 Å². The van der Waals surface area contributed by atoms with Gasteiger partial charge in [-0.25, -0.2) is 0 Å². The molecule has 0 fully saturated rings. The van der Waals surface area contributed by atoms with E-state index in [2.05, 4.69) is 17.4 Å². The van der Waals surface area contributed by atoms with Crippen molar-refractivity contribution in [3.05, 3.63) is 71.8 Å². The van der Waals surface area contributed by atoms with E-state index in [1.54, 1.807) is 0 Å². The first-order valence-corrected chi connectivity index (χ1v) is 7.24. The van der Waals surface area contributed by atoms with E-state index in [1.165, 1.54) is 5.56 Å². The zero-order chi connectivity index (χ0) is 15.1. The number of carbonyl (C=O) groups is 1. The lowest BCUT2D eigenvalue weighted by Crippen LogP contribution is -2.35. The molecule has 2 aromatic carbocycles. The Morgan fingerprint density at radius 1 is 1.05 bits per heavy atom. The molecule has 0 aromatic heterocycles. The van der Waals surface area contributed by atoms with Gasteiger partial charge in [0, 0.05) is 6.04 Å². The van der Waals surface area contributed by atoms with Crippen molar-refractivity contribution in [1.82, 2.24) is 5.32 Å². The molecule has 0 bridgehead atoms. The molecule has 0 saturated carbocycles. The Balaban J connectivity index is 1.93. The first-order chi connectivity index (χ1) is 10.2. The van der Waals surface area contributed by atoms with E-state index in [-0.39, 0.29) is 6.04 Å². The fourth-order valence-corrected chi connectivity index (χ4v) is 2.35. The van der Waals surface area contributed by atoms with Gasteiger partial charge >= 0.3 is 5.97 Å². The molecule has 2 aromatic rings. The van der Waals surface area contributed by atoms with Crippen molar-refractivity contribution in [3.63, 3.8) is 0 Å². The SMILES string of the molecule is CC(CCc1ccccc1)NC(C(=O)O)c1ccccc1. The van der Waals surface area contributed by atoms with E-state index in [0.717, 1.165) is 18.4 Å². The molecule has 0 spiro atoms. The molecule has 0 aliphatic rings. The first kappa shape index (κ1) is 15.3. The maximum absolute atomic E-state index is 11.4. The smallest absolute Gasteiger partial charge is 0.325 e. The van der Waals surface area contributed by atoms with Gasteiger partial charge in [0.1, 0.15) is 6.04 Å². The molecular formula is C18H21NO2. The van der Waals surface area contributed by atoms with E-state index >= 15 is 0 Å². The van der Waals surface area contributed by atoms with Crippen LogP contribution in [0.3, 0.4) is 0 Å². The Morgan fingerprint density at radius 3 is 2.19 bits per heavy atom. The summed E-state index contributed by atoms with van der Waals surface area (Å²) in [6.07, 6.45) is 1.84. The molecule has 0 saturated heterocycles. The summed E-state index contributed by atoms with van der Waals surface area (Å²) in [7, 11) is 0. The largest absolute Gasteiger partial charge is 0.480 e. The van der Waals surface area contributed by atoms with Crippen LogP contribution in [0.5, 0.6) is 0 Å². The Hall–Kier alpha value is -2.13. The van der Waals surface area contributed by atoms with E-state index in [0.29, 0.717) is 0 Å². The standard InChI is InChI=1S/C18H21NO2/c1-14(12-13-15-8-4-2-5-9-15)19-17(18(20)21)16-10-6-3-7-11-16/h2-11,14,17,19H,12-13H2,1H3,(H,20,21). The van der Waals surface area contributed by atoms with Gasteiger partial charge in [0.25, 0.3) is 0 Å². The van der Waals surface area contributed by atoms with Gasteiger partial charge in [0.05, 0.1) is 0 Å². The van der Waals surface area contributed by atoms with Gasteiger partial charge < -0.3 is 5.11 Å². The average Bonchev–Trinajstić information content (AvgIpc) is 2.52. The second kappa shape index (κ2) is 7.60. The minimum absolute atomic E-state index is 0.131. The van der Waals surface area contributed by atoms with E-state index in [1.807, 2.05) is 55.5 Å². The highest BCUT2D eigenvalue weighted by molar-refractivity contribution is 5.75. The summed E-state index contributed by atoms with van der Waals surface area (Å²) in [6.45, 7) is 2.03. The molecule has 2 rings (SSSR count). The maximum atomic E-state index is 11.4. The molecule has 110 valence electrons. The molecule has 2 atom stereocenters. The van der Waals surface area contributed by atoms with Crippen LogP contribution in [-0.4, -0.2) is 17.1 Å². The van der Waals surface area contributed by atoms with Crippen molar-refractivity contribution < 1.29 is 9.90 Å². The predicted molar refractivity (Wildman–Crippen MR) is 84.2 cm³/mol. The van der Waals surface area contributed by atoms with Gasteiger partial charge in [-0.1, -0.05) is 60.7 Å². The number of nitrogens with one attached hydrogen (secondary N) is 1. The summed E-state index contributed by atoms with van der Waals surface area (Å²) >= 11 is 0. The lowest BCUT2D eigenvalue weighted by Gasteiger charge is -2.20. The van der Waals surface area contributed by atoms with Crippen LogP contribution < -0.4 is 5.32 Å².